The summed E-state index contributed by atoms with van der Waals surface area (Å²) in [5.41, 5.74) is 0. The van der Waals surface area contributed by atoms with Gasteiger partial charge >= 0.3 is 1.43 Å². The van der Waals surface area contributed by atoms with Crippen LogP contribution in [0.4, 0.5) is 0 Å². The molecular weight excluding hydrogens is 128 g/mol. The van der Waals surface area contributed by atoms with E-state index in [4.69, 9.17) is 0 Å². The van der Waals surface area contributed by atoms with Crippen LogP contribution in [0.15, 0.2) is 30.3 Å². The molecule has 42 valence electrons. The van der Waals surface area contributed by atoms with Crippen LogP contribution in [-0.2, 0) is 0 Å². The zero-order chi connectivity index (χ0) is 5.82. The Balaban J connectivity index is 0.000000640. The van der Waals surface area contributed by atoms with Crippen molar-refractivity contribution >= 4 is 24.0 Å². The lowest BCUT2D eigenvalue weighted by atomic mass is 10.4. The Morgan fingerprint density at radius 2 is 1.88 bits per heavy atom. The summed E-state index contributed by atoms with van der Waals surface area (Å²) in [4.78, 5) is 0. The number of rotatable bonds is 1. The summed E-state index contributed by atoms with van der Waals surface area (Å²) in [5.74, 6) is 0. The number of hydrogen-bond acceptors (Lipinski definition) is 0. The molecule has 0 aliphatic carbocycles. The minimum Gasteiger partial charge on any atom is -0.0705 e. The molecule has 2 heteroatoms. The Hall–Kier alpha value is -0.346. The highest BCUT2D eigenvalue weighted by molar-refractivity contribution is 6.97. The smallest absolute Gasteiger partial charge is 0.0705 e. The lowest BCUT2D eigenvalue weighted by molar-refractivity contribution is 1.77. The largest absolute Gasteiger partial charge is 1.00 e. The predicted octanol–water partition coefficient (Wildman–Crippen LogP) is -1.13. The summed E-state index contributed by atoms with van der Waals surface area (Å²) >= 11 is 0. The Labute approximate surface area is 56.5 Å². The van der Waals surface area contributed by atoms with Gasteiger partial charge in [-0.1, -0.05) is 35.5 Å². The molecule has 0 aliphatic rings. The van der Waals surface area contributed by atoms with Gasteiger partial charge in [0.25, 0.3) is 0 Å². The zero-order valence-corrected chi connectivity index (χ0v) is 8.51. The lowest BCUT2D eigenvalue weighted by Crippen LogP contribution is -2.12. The van der Waals surface area contributed by atoms with Crippen LogP contribution in [0, 0.1) is 0 Å². The van der Waals surface area contributed by atoms with Gasteiger partial charge in [0.2, 0.25) is 0 Å². The van der Waals surface area contributed by atoms with Crippen LogP contribution >= 0.6 is 0 Å². The fourth-order valence-corrected chi connectivity index (χ4v) is 2.87. The van der Waals surface area contributed by atoms with Gasteiger partial charge in [-0.15, -0.1) is 0 Å². The monoisotopic (exact) mass is 139 g/mol. The van der Waals surface area contributed by atoms with Crippen molar-refractivity contribution in [2.45, 2.75) is 0 Å². The third-order valence-corrected chi connectivity index (χ3v) is 4.99. The number of hydrogen-bond donors (Lipinski definition) is 0. The third-order valence-electron chi connectivity index (χ3n) is 1.25. The first kappa shape index (κ1) is 5.78. The first-order valence-corrected chi connectivity index (χ1v) is 9.34. The second kappa shape index (κ2) is 2.84. The Morgan fingerprint density at radius 1 is 1.25 bits per heavy atom. The van der Waals surface area contributed by atoms with Gasteiger partial charge in [-0.2, -0.15) is 0 Å². The SMILES string of the molecule is [H+].[SiH3][SiH2]c1ccccc1. The quantitative estimate of drug-likeness (QED) is 0.432. The molecule has 0 saturated carbocycles. The van der Waals surface area contributed by atoms with Crippen molar-refractivity contribution in [3.05, 3.63) is 30.3 Å². The van der Waals surface area contributed by atoms with E-state index in [9.17, 15) is 0 Å². The van der Waals surface area contributed by atoms with E-state index in [0.717, 1.165) is 0 Å². The number of benzene rings is 1. The van der Waals surface area contributed by atoms with Gasteiger partial charge in [0.05, 0.1) is 0 Å². The second-order valence-electron chi connectivity index (χ2n) is 1.84. The standard InChI is InChI=1S/C6H10Si2/c7-8-6-4-2-1-3-5-6/h1-5H,8H2,7H3/p+1. The molecule has 0 heterocycles. The molecule has 0 aromatic heterocycles. The van der Waals surface area contributed by atoms with Gasteiger partial charge in [0, 0.05) is 9.04 Å². The molecule has 1 rings (SSSR count). The normalized spacial score (nSPS) is 11.0. The molecule has 0 amide bonds. The van der Waals surface area contributed by atoms with Crippen molar-refractivity contribution in [2.24, 2.45) is 0 Å². The van der Waals surface area contributed by atoms with Gasteiger partial charge < -0.3 is 0 Å². The van der Waals surface area contributed by atoms with Gasteiger partial charge in [-0.25, -0.2) is 0 Å². The molecular formula is C6H11Si2+. The minimum atomic E-state index is 0. The minimum absolute atomic E-state index is 0. The summed E-state index contributed by atoms with van der Waals surface area (Å²) < 4.78 is 0. The molecule has 0 N–H and O–H groups in total. The van der Waals surface area contributed by atoms with E-state index in [1.165, 1.54) is 9.76 Å². The van der Waals surface area contributed by atoms with Gasteiger partial charge in [-0.3, -0.25) is 0 Å². The van der Waals surface area contributed by atoms with E-state index in [2.05, 4.69) is 30.3 Å². The maximum absolute atomic E-state index is 2.24. The van der Waals surface area contributed by atoms with Crippen molar-refractivity contribution < 1.29 is 1.43 Å². The van der Waals surface area contributed by atoms with E-state index in [0.29, 0.717) is 0 Å². The van der Waals surface area contributed by atoms with E-state index in [1.807, 2.05) is 0 Å². The zero-order valence-electron chi connectivity index (χ0n) is 6.09. The molecule has 0 bridgehead atoms. The highest BCUT2D eigenvalue weighted by Crippen LogP contribution is 1.78. The predicted molar refractivity (Wildman–Crippen MR) is 45.7 cm³/mol. The lowest BCUT2D eigenvalue weighted by Gasteiger charge is -1.89. The van der Waals surface area contributed by atoms with Crippen LogP contribution in [0.25, 0.3) is 0 Å². The van der Waals surface area contributed by atoms with Crippen molar-refractivity contribution in [1.29, 1.82) is 0 Å². The average molecular weight is 139 g/mol. The summed E-state index contributed by atoms with van der Waals surface area (Å²) in [6.45, 7) is 0. The van der Waals surface area contributed by atoms with Gasteiger partial charge in [-0.05, 0) is 9.76 Å². The van der Waals surface area contributed by atoms with E-state index < -0.39 is 0 Å². The highest BCUT2D eigenvalue weighted by Gasteiger charge is 1.80. The van der Waals surface area contributed by atoms with Crippen LogP contribution in [0.1, 0.15) is 1.43 Å². The van der Waals surface area contributed by atoms with Crippen LogP contribution in [0.3, 0.4) is 0 Å². The third kappa shape index (κ3) is 1.31. The summed E-state index contributed by atoms with van der Waals surface area (Å²) in [7, 11) is 1.65. The van der Waals surface area contributed by atoms with Crippen molar-refractivity contribution in [3.63, 3.8) is 0 Å². The average Bonchev–Trinajstić information content (AvgIpc) is 1.90. The van der Waals surface area contributed by atoms with Crippen LogP contribution in [0.2, 0.25) is 0 Å². The maximum atomic E-state index is 2.24. The Morgan fingerprint density at radius 3 is 2.25 bits per heavy atom. The van der Waals surface area contributed by atoms with Crippen LogP contribution in [0.5, 0.6) is 0 Å². The van der Waals surface area contributed by atoms with Crippen molar-refractivity contribution in [3.8, 4) is 0 Å². The highest BCUT2D eigenvalue weighted by atomic mass is 29.1. The molecule has 0 atom stereocenters. The first-order valence-electron chi connectivity index (χ1n) is 2.97. The summed E-state index contributed by atoms with van der Waals surface area (Å²) in [6.07, 6.45) is 0. The fourth-order valence-electron chi connectivity index (χ4n) is 0.714. The molecule has 0 aliphatic heterocycles. The molecule has 8 heavy (non-hydrogen) atoms. The molecule has 0 fully saturated rings. The van der Waals surface area contributed by atoms with E-state index in [1.54, 1.807) is 5.19 Å². The van der Waals surface area contributed by atoms with Crippen LogP contribution < -0.4 is 5.19 Å². The van der Waals surface area contributed by atoms with Crippen molar-refractivity contribution in [1.82, 2.24) is 0 Å². The molecule has 0 unspecified atom stereocenters. The fraction of sp³-hybridized carbons (Fsp3) is 0. The molecule has 0 saturated heterocycles. The molecule has 0 nitrogen and oxygen atoms in total. The molecule has 0 spiro atoms. The Kier molecular flexibility index (Phi) is 2.05. The van der Waals surface area contributed by atoms with E-state index >= 15 is 0 Å². The van der Waals surface area contributed by atoms with Crippen LogP contribution in [-0.4, -0.2) is 18.8 Å². The molecule has 1 aromatic rings. The topological polar surface area (TPSA) is 0 Å². The maximum Gasteiger partial charge on any atom is 1.00 e. The first-order chi connectivity index (χ1) is 3.93. The summed E-state index contributed by atoms with van der Waals surface area (Å²) in [6, 6.07) is 10.8. The van der Waals surface area contributed by atoms with Gasteiger partial charge in [0.1, 0.15) is 0 Å². The van der Waals surface area contributed by atoms with E-state index in [-0.39, 0.29) is 10.5 Å². The second-order valence-corrected chi connectivity index (χ2v) is 5.48. The van der Waals surface area contributed by atoms with Crippen molar-refractivity contribution in [2.75, 3.05) is 0 Å². The van der Waals surface area contributed by atoms with Gasteiger partial charge in [0.15, 0.2) is 0 Å². The molecule has 0 radical (unpaired) electrons. The molecule has 1 aromatic carbocycles. The Bertz CT molecular complexity index is 152. The summed E-state index contributed by atoms with van der Waals surface area (Å²) in [5, 5.41) is 1.61.